The molecule has 7 heteroatoms. The van der Waals surface area contributed by atoms with Gasteiger partial charge in [0.2, 0.25) is 5.91 Å². The van der Waals surface area contributed by atoms with Gasteiger partial charge in [-0.15, -0.1) is 0 Å². The van der Waals surface area contributed by atoms with Crippen molar-refractivity contribution in [2.45, 2.75) is 187 Å². The van der Waals surface area contributed by atoms with Crippen LogP contribution in [0.1, 0.15) is 174 Å². The average molecular weight is 621 g/mol. The molecule has 44 heavy (non-hydrogen) atoms. The van der Waals surface area contributed by atoms with E-state index in [2.05, 4.69) is 43.5 Å². The lowest BCUT2D eigenvalue weighted by molar-refractivity contribution is -0.147. The molecule has 0 saturated heterocycles. The number of unbranched alkanes of at least 4 members (excludes halogenated alkanes) is 16. The van der Waals surface area contributed by atoms with Gasteiger partial charge in [-0.3, -0.25) is 9.59 Å². The van der Waals surface area contributed by atoms with Crippen molar-refractivity contribution >= 4 is 17.8 Å². The van der Waals surface area contributed by atoms with Gasteiger partial charge in [0.05, 0.1) is 0 Å². The Bertz CT molecular complexity index is 752. The molecule has 0 heterocycles. The minimum absolute atomic E-state index is 0.0997. The van der Waals surface area contributed by atoms with Crippen molar-refractivity contribution < 1.29 is 24.2 Å². The molecule has 1 amide bonds. The largest absolute Gasteiger partial charge is 0.480 e. The molecule has 0 bridgehead atoms. The number of hydrogen-bond donors (Lipinski definition) is 3. The summed E-state index contributed by atoms with van der Waals surface area (Å²) in [6.07, 6.45) is 33.7. The maximum absolute atomic E-state index is 12.6. The Morgan fingerprint density at radius 3 is 1.84 bits per heavy atom. The first-order valence-corrected chi connectivity index (χ1v) is 18.2. The molecule has 0 aliphatic carbocycles. The Hall–Kier alpha value is -2.15. The summed E-state index contributed by atoms with van der Waals surface area (Å²) in [5.41, 5.74) is 5.46. The third kappa shape index (κ3) is 28.6. The lowest BCUT2D eigenvalue weighted by Gasteiger charge is -2.15. The number of nitrogens with one attached hydrogen (secondary N) is 1. The number of carbonyl (C=O) groups is 3. The van der Waals surface area contributed by atoms with Gasteiger partial charge in [0, 0.05) is 12.8 Å². The lowest BCUT2D eigenvalue weighted by atomic mass is 10.1. The summed E-state index contributed by atoms with van der Waals surface area (Å²) >= 11 is 0. The van der Waals surface area contributed by atoms with Crippen LogP contribution in [0, 0.1) is 0 Å². The fourth-order valence-corrected chi connectivity index (χ4v) is 5.16. The zero-order valence-electron chi connectivity index (χ0n) is 28.5. The second-order valence-electron chi connectivity index (χ2n) is 12.3. The van der Waals surface area contributed by atoms with Crippen molar-refractivity contribution in [3.8, 4) is 0 Å². The second kappa shape index (κ2) is 32.2. The van der Waals surface area contributed by atoms with Crippen molar-refractivity contribution in [2.75, 3.05) is 6.54 Å². The first kappa shape index (κ1) is 41.9. The number of carboxylic acid groups (broad SMARTS) is 1. The van der Waals surface area contributed by atoms with Crippen LogP contribution in [0.25, 0.3) is 0 Å². The Morgan fingerprint density at radius 2 is 1.20 bits per heavy atom. The van der Waals surface area contributed by atoms with E-state index >= 15 is 0 Å². The number of ether oxygens (including phenoxy) is 1. The highest BCUT2D eigenvalue weighted by molar-refractivity contribution is 5.83. The number of carbonyl (C=O) groups excluding carboxylic acids is 2. The predicted octanol–water partition coefficient (Wildman–Crippen LogP) is 9.33. The maximum Gasteiger partial charge on any atom is 0.326 e. The summed E-state index contributed by atoms with van der Waals surface area (Å²) in [6, 6.07) is -0.868. The highest BCUT2D eigenvalue weighted by Crippen LogP contribution is 2.15. The van der Waals surface area contributed by atoms with E-state index in [9.17, 15) is 19.5 Å². The Kier molecular flexibility index (Phi) is 30.7. The molecular formula is C37H68N2O5. The molecule has 0 aliphatic rings. The summed E-state index contributed by atoms with van der Waals surface area (Å²) in [5.74, 6) is -1.34. The second-order valence-corrected chi connectivity index (χ2v) is 12.3. The van der Waals surface area contributed by atoms with Crippen molar-refractivity contribution in [2.24, 2.45) is 5.73 Å². The molecule has 4 N–H and O–H groups in total. The zero-order chi connectivity index (χ0) is 32.5. The van der Waals surface area contributed by atoms with Crippen molar-refractivity contribution in [3.05, 3.63) is 24.3 Å². The molecule has 0 aromatic rings. The van der Waals surface area contributed by atoms with E-state index in [1.165, 1.54) is 77.0 Å². The van der Waals surface area contributed by atoms with Crippen LogP contribution >= 0.6 is 0 Å². The Balaban J connectivity index is 4.38. The van der Waals surface area contributed by atoms with Crippen LogP contribution in [0.3, 0.4) is 0 Å². The first-order chi connectivity index (χ1) is 21.4. The topological polar surface area (TPSA) is 119 Å². The third-order valence-electron chi connectivity index (χ3n) is 7.97. The van der Waals surface area contributed by atoms with Gasteiger partial charge in [-0.25, -0.2) is 4.79 Å². The monoisotopic (exact) mass is 621 g/mol. The summed E-state index contributed by atoms with van der Waals surface area (Å²) in [4.78, 5) is 36.1. The first-order valence-electron chi connectivity index (χ1n) is 18.2. The quantitative estimate of drug-likeness (QED) is 0.0392. The zero-order valence-corrected chi connectivity index (χ0v) is 28.5. The molecule has 0 radical (unpaired) electrons. The van der Waals surface area contributed by atoms with Gasteiger partial charge in [-0.1, -0.05) is 109 Å². The molecule has 2 atom stereocenters. The van der Waals surface area contributed by atoms with Crippen molar-refractivity contribution in [3.63, 3.8) is 0 Å². The van der Waals surface area contributed by atoms with Gasteiger partial charge in [-0.05, 0) is 83.2 Å². The number of nitrogens with two attached hydrogens (primary N) is 1. The molecule has 7 nitrogen and oxygen atoms in total. The maximum atomic E-state index is 12.6. The fourth-order valence-electron chi connectivity index (χ4n) is 5.16. The van der Waals surface area contributed by atoms with Crippen LogP contribution in [0.15, 0.2) is 24.3 Å². The Labute approximate surface area is 270 Å². The minimum Gasteiger partial charge on any atom is -0.480 e. The number of aliphatic carboxylic acids is 1. The van der Waals surface area contributed by atoms with Crippen molar-refractivity contribution in [1.29, 1.82) is 0 Å². The van der Waals surface area contributed by atoms with Crippen LogP contribution in [0.5, 0.6) is 0 Å². The van der Waals surface area contributed by atoms with E-state index in [0.717, 1.165) is 51.4 Å². The molecule has 0 aromatic carbocycles. The van der Waals surface area contributed by atoms with Crippen LogP contribution in [0.4, 0.5) is 0 Å². The van der Waals surface area contributed by atoms with Crippen LogP contribution in [0.2, 0.25) is 0 Å². The molecule has 0 fully saturated rings. The van der Waals surface area contributed by atoms with Crippen LogP contribution in [-0.2, 0) is 19.1 Å². The summed E-state index contributed by atoms with van der Waals surface area (Å²) in [5, 5.41) is 11.9. The van der Waals surface area contributed by atoms with Gasteiger partial charge in [-0.2, -0.15) is 0 Å². The van der Waals surface area contributed by atoms with Gasteiger partial charge in [0.1, 0.15) is 12.1 Å². The molecule has 256 valence electrons. The number of rotatable bonds is 32. The van der Waals surface area contributed by atoms with Crippen LogP contribution in [-0.4, -0.2) is 41.6 Å². The van der Waals surface area contributed by atoms with Gasteiger partial charge >= 0.3 is 11.9 Å². The van der Waals surface area contributed by atoms with E-state index in [1.807, 2.05) is 0 Å². The lowest BCUT2D eigenvalue weighted by Crippen LogP contribution is -2.40. The SMILES string of the molecule is CCCC/C=C\CCCCCCCC(=O)OC(/C=C\CCCCCCCC)CCCCCCC(=O)NC(CCCN)C(=O)O. The molecule has 0 aromatic heterocycles. The normalized spacial score (nSPS) is 13.0. The molecule has 2 unspecified atom stereocenters. The summed E-state index contributed by atoms with van der Waals surface area (Å²) in [6.45, 7) is 4.86. The molecule has 0 saturated carbocycles. The van der Waals surface area contributed by atoms with E-state index in [4.69, 9.17) is 10.5 Å². The minimum atomic E-state index is -1.02. The van der Waals surface area contributed by atoms with E-state index in [-0.39, 0.29) is 18.0 Å². The van der Waals surface area contributed by atoms with Crippen molar-refractivity contribution in [1.82, 2.24) is 5.32 Å². The number of esters is 1. The summed E-state index contributed by atoms with van der Waals surface area (Å²) in [7, 11) is 0. The molecule has 0 aliphatic heterocycles. The van der Waals surface area contributed by atoms with E-state index < -0.39 is 12.0 Å². The number of hydrogen-bond acceptors (Lipinski definition) is 5. The standard InChI is InChI=1S/C37H68N2O5/c1-3-5-7-9-11-13-14-15-17-19-25-31-36(41)44-33(27-22-18-16-12-10-8-6-4-2)28-23-20-21-24-30-35(40)39-34(37(42)43)29-26-32-38/h9,11,22,27,33-34H,3-8,10,12-21,23-26,28-32,38H2,1-2H3,(H,39,40)(H,42,43)/b11-9-,27-22-. The highest BCUT2D eigenvalue weighted by Gasteiger charge is 2.19. The Morgan fingerprint density at radius 1 is 0.659 bits per heavy atom. The molecule has 0 rings (SSSR count). The fraction of sp³-hybridized carbons (Fsp3) is 0.811. The number of allylic oxidation sites excluding steroid dienone is 3. The van der Waals surface area contributed by atoms with Gasteiger partial charge < -0.3 is 20.9 Å². The van der Waals surface area contributed by atoms with Gasteiger partial charge in [0.15, 0.2) is 0 Å². The summed E-state index contributed by atoms with van der Waals surface area (Å²) < 4.78 is 5.88. The van der Waals surface area contributed by atoms with E-state index in [1.54, 1.807) is 0 Å². The van der Waals surface area contributed by atoms with Gasteiger partial charge in [0.25, 0.3) is 0 Å². The predicted molar refractivity (Wildman–Crippen MR) is 184 cm³/mol. The number of amides is 1. The highest BCUT2D eigenvalue weighted by atomic mass is 16.5. The number of carboxylic acids is 1. The van der Waals surface area contributed by atoms with E-state index in [0.29, 0.717) is 38.6 Å². The van der Waals surface area contributed by atoms with Crippen LogP contribution < -0.4 is 11.1 Å². The third-order valence-corrected chi connectivity index (χ3v) is 7.97. The molecular weight excluding hydrogens is 552 g/mol. The average Bonchev–Trinajstić information content (AvgIpc) is 3.00. The molecule has 0 spiro atoms. The smallest absolute Gasteiger partial charge is 0.326 e.